The van der Waals surface area contributed by atoms with E-state index in [1.807, 2.05) is 12.1 Å². The van der Waals surface area contributed by atoms with E-state index in [1.54, 1.807) is 49.3 Å². The maximum atomic E-state index is 12.7. The summed E-state index contributed by atoms with van der Waals surface area (Å²) in [6, 6.07) is 8.98. The minimum absolute atomic E-state index is 0.127. The summed E-state index contributed by atoms with van der Waals surface area (Å²) in [5, 5.41) is 9.85. The molecule has 108 valence electrons. The number of ketones is 1. The minimum Gasteiger partial charge on any atom is -0.327 e. The Morgan fingerprint density at radius 2 is 2.10 bits per heavy atom. The van der Waals surface area contributed by atoms with E-state index in [9.17, 15) is 10.1 Å². The molecule has 5 heteroatoms. The van der Waals surface area contributed by atoms with Crippen molar-refractivity contribution in [1.29, 1.82) is 5.26 Å². The SMILES string of the molecule is CC(C)(C#N)C(=O)C(Cc1ccc(Cl)cc1)n1ccnc1. The summed E-state index contributed by atoms with van der Waals surface area (Å²) in [5.74, 6) is -0.127. The number of imidazole rings is 1. The molecule has 0 saturated heterocycles. The summed E-state index contributed by atoms with van der Waals surface area (Å²) >= 11 is 5.88. The van der Waals surface area contributed by atoms with Crippen LogP contribution in [0.5, 0.6) is 0 Å². The zero-order valence-electron chi connectivity index (χ0n) is 12.0. The molecule has 0 saturated carbocycles. The highest BCUT2D eigenvalue weighted by molar-refractivity contribution is 6.30. The van der Waals surface area contributed by atoms with Gasteiger partial charge >= 0.3 is 0 Å². The van der Waals surface area contributed by atoms with Crippen LogP contribution in [0.1, 0.15) is 25.5 Å². The number of nitriles is 1. The third kappa shape index (κ3) is 3.50. The second-order valence-electron chi connectivity index (χ2n) is 5.46. The lowest BCUT2D eigenvalue weighted by molar-refractivity contribution is -0.128. The predicted octanol–water partition coefficient (Wildman–Crippen LogP) is 3.44. The zero-order chi connectivity index (χ0) is 15.5. The number of hydrogen-bond donors (Lipinski definition) is 0. The number of carbonyl (C=O) groups excluding carboxylic acids is 1. The molecule has 1 heterocycles. The van der Waals surface area contributed by atoms with Crippen molar-refractivity contribution < 1.29 is 4.79 Å². The first kappa shape index (κ1) is 15.3. The molecule has 1 aromatic carbocycles. The quantitative estimate of drug-likeness (QED) is 0.850. The molecule has 0 N–H and O–H groups in total. The Morgan fingerprint density at radius 1 is 1.43 bits per heavy atom. The second-order valence-corrected chi connectivity index (χ2v) is 5.89. The standard InChI is InChI=1S/C16H16ClN3O/c1-16(2,10-18)15(21)14(20-8-7-19-11-20)9-12-3-5-13(17)6-4-12/h3-8,11,14H,9H2,1-2H3. The number of benzene rings is 1. The Bertz CT molecular complexity index is 654. The molecule has 2 rings (SSSR count). The molecule has 0 bridgehead atoms. The van der Waals surface area contributed by atoms with Crippen molar-refractivity contribution in [3.8, 4) is 6.07 Å². The Kier molecular flexibility index (Phi) is 4.44. The summed E-state index contributed by atoms with van der Waals surface area (Å²) < 4.78 is 1.75. The predicted molar refractivity (Wildman–Crippen MR) is 80.8 cm³/mol. The van der Waals surface area contributed by atoms with Crippen molar-refractivity contribution in [3.05, 3.63) is 53.6 Å². The highest BCUT2D eigenvalue weighted by Crippen LogP contribution is 2.26. The molecule has 0 radical (unpaired) electrons. The summed E-state index contributed by atoms with van der Waals surface area (Å²) in [6.07, 6.45) is 5.47. The highest BCUT2D eigenvalue weighted by Gasteiger charge is 2.34. The van der Waals surface area contributed by atoms with Crippen molar-refractivity contribution in [2.45, 2.75) is 26.3 Å². The number of carbonyl (C=O) groups is 1. The molecular weight excluding hydrogens is 286 g/mol. The molecule has 21 heavy (non-hydrogen) atoms. The van der Waals surface area contributed by atoms with Crippen molar-refractivity contribution >= 4 is 17.4 Å². The van der Waals surface area contributed by atoms with Gasteiger partial charge in [-0.2, -0.15) is 5.26 Å². The van der Waals surface area contributed by atoms with E-state index in [0.717, 1.165) is 5.56 Å². The topological polar surface area (TPSA) is 58.7 Å². The van der Waals surface area contributed by atoms with Gasteiger partial charge in [-0.3, -0.25) is 4.79 Å². The molecule has 0 amide bonds. The van der Waals surface area contributed by atoms with Crippen molar-refractivity contribution in [2.24, 2.45) is 5.41 Å². The van der Waals surface area contributed by atoms with Crippen molar-refractivity contribution in [3.63, 3.8) is 0 Å². The molecule has 0 aliphatic carbocycles. The monoisotopic (exact) mass is 301 g/mol. The van der Waals surface area contributed by atoms with Gasteiger partial charge in [-0.05, 0) is 31.5 Å². The third-order valence-corrected chi connectivity index (χ3v) is 3.68. The molecule has 1 unspecified atom stereocenters. The van der Waals surface area contributed by atoms with Gasteiger partial charge in [0.1, 0.15) is 5.41 Å². The Balaban J connectivity index is 2.32. The third-order valence-electron chi connectivity index (χ3n) is 3.43. The van der Waals surface area contributed by atoms with E-state index in [-0.39, 0.29) is 5.78 Å². The smallest absolute Gasteiger partial charge is 0.175 e. The van der Waals surface area contributed by atoms with E-state index in [4.69, 9.17) is 11.6 Å². The zero-order valence-corrected chi connectivity index (χ0v) is 12.7. The fraction of sp³-hybridized carbons (Fsp3) is 0.312. The Hall–Kier alpha value is -2.12. The van der Waals surface area contributed by atoms with Crippen LogP contribution in [0, 0.1) is 16.7 Å². The number of Topliss-reactive ketones (excluding diaryl/α,β-unsaturated/α-hetero) is 1. The van der Waals surface area contributed by atoms with E-state index in [2.05, 4.69) is 11.1 Å². The summed E-state index contributed by atoms with van der Waals surface area (Å²) in [4.78, 5) is 16.7. The number of rotatable bonds is 5. The average Bonchev–Trinajstić information content (AvgIpc) is 3.00. The lowest BCUT2D eigenvalue weighted by Crippen LogP contribution is -2.32. The number of nitrogens with zero attached hydrogens (tertiary/aromatic N) is 3. The first-order valence-corrected chi connectivity index (χ1v) is 6.99. The van der Waals surface area contributed by atoms with Crippen LogP contribution >= 0.6 is 11.6 Å². The van der Waals surface area contributed by atoms with Crippen LogP contribution in [0.4, 0.5) is 0 Å². The van der Waals surface area contributed by atoms with Crippen LogP contribution in [-0.4, -0.2) is 15.3 Å². The fourth-order valence-corrected chi connectivity index (χ4v) is 2.23. The Labute approximate surface area is 129 Å². The van der Waals surface area contributed by atoms with Crippen molar-refractivity contribution in [2.75, 3.05) is 0 Å². The van der Waals surface area contributed by atoms with Crippen LogP contribution in [-0.2, 0) is 11.2 Å². The molecule has 0 aliphatic heterocycles. The van der Waals surface area contributed by atoms with Gasteiger partial charge < -0.3 is 4.57 Å². The van der Waals surface area contributed by atoms with Crippen LogP contribution in [0.2, 0.25) is 5.02 Å². The van der Waals surface area contributed by atoms with Gasteiger partial charge in [-0.1, -0.05) is 23.7 Å². The number of aromatic nitrogens is 2. The molecule has 0 aliphatic rings. The van der Waals surface area contributed by atoms with E-state index in [1.165, 1.54) is 0 Å². The molecule has 1 aromatic heterocycles. The van der Waals surface area contributed by atoms with E-state index in [0.29, 0.717) is 11.4 Å². The molecule has 2 aromatic rings. The molecule has 0 spiro atoms. The molecule has 0 fully saturated rings. The van der Waals surface area contributed by atoms with Gasteiger partial charge in [0.15, 0.2) is 5.78 Å². The second kappa shape index (κ2) is 6.11. The van der Waals surface area contributed by atoms with Crippen LogP contribution in [0.3, 0.4) is 0 Å². The van der Waals surface area contributed by atoms with Gasteiger partial charge in [-0.25, -0.2) is 4.98 Å². The number of halogens is 1. The lowest BCUT2D eigenvalue weighted by Gasteiger charge is -2.23. The normalized spacial score (nSPS) is 12.7. The van der Waals surface area contributed by atoms with Gasteiger partial charge in [0.2, 0.25) is 0 Å². The summed E-state index contributed by atoms with van der Waals surface area (Å²) in [7, 11) is 0. The van der Waals surface area contributed by atoms with Crippen molar-refractivity contribution in [1.82, 2.24) is 9.55 Å². The maximum Gasteiger partial charge on any atom is 0.175 e. The highest BCUT2D eigenvalue weighted by atomic mass is 35.5. The van der Waals surface area contributed by atoms with Gasteiger partial charge in [0, 0.05) is 23.8 Å². The average molecular weight is 302 g/mol. The van der Waals surface area contributed by atoms with E-state index < -0.39 is 11.5 Å². The molecule has 4 nitrogen and oxygen atoms in total. The lowest BCUT2D eigenvalue weighted by atomic mass is 9.83. The van der Waals surface area contributed by atoms with Gasteiger partial charge in [0.05, 0.1) is 18.4 Å². The van der Waals surface area contributed by atoms with Gasteiger partial charge in [0.25, 0.3) is 0 Å². The first-order chi connectivity index (χ1) is 9.94. The largest absolute Gasteiger partial charge is 0.327 e. The minimum atomic E-state index is -1.04. The summed E-state index contributed by atoms with van der Waals surface area (Å²) in [5.41, 5.74) is -0.0540. The number of hydrogen-bond acceptors (Lipinski definition) is 3. The Morgan fingerprint density at radius 3 is 2.62 bits per heavy atom. The fourth-order valence-electron chi connectivity index (χ4n) is 2.10. The van der Waals surface area contributed by atoms with Gasteiger partial charge in [-0.15, -0.1) is 0 Å². The van der Waals surface area contributed by atoms with E-state index >= 15 is 0 Å². The maximum absolute atomic E-state index is 12.7. The summed E-state index contributed by atoms with van der Waals surface area (Å²) in [6.45, 7) is 3.28. The van der Waals surface area contributed by atoms with Crippen LogP contribution in [0.25, 0.3) is 0 Å². The van der Waals surface area contributed by atoms with Crippen LogP contribution in [0.15, 0.2) is 43.0 Å². The van der Waals surface area contributed by atoms with Crippen LogP contribution < -0.4 is 0 Å². The molecule has 1 atom stereocenters. The molecular formula is C16H16ClN3O. The first-order valence-electron chi connectivity index (χ1n) is 6.61.